The van der Waals surface area contributed by atoms with E-state index in [0.717, 1.165) is 63.5 Å². The van der Waals surface area contributed by atoms with Crippen molar-refractivity contribution >= 4 is 29.2 Å². The third kappa shape index (κ3) is 8.31. The Balaban J connectivity index is 0.000000371. The van der Waals surface area contributed by atoms with Gasteiger partial charge >= 0.3 is 11.9 Å². The number of aliphatic imine (C=N–C) groups is 1. The highest BCUT2D eigenvalue weighted by Gasteiger charge is 2.22. The molecule has 0 amide bonds. The number of carbonyl (C=O) groups is 2. The number of piperazine rings is 1. The molecule has 2 aromatic rings. The number of carboxylic acids is 2. The van der Waals surface area contributed by atoms with E-state index in [1.807, 2.05) is 12.3 Å². The van der Waals surface area contributed by atoms with Crippen LogP contribution in [-0.4, -0.2) is 77.0 Å². The van der Waals surface area contributed by atoms with E-state index in [1.54, 1.807) is 0 Å². The quantitative estimate of drug-likeness (QED) is 0.492. The second-order valence-electron chi connectivity index (χ2n) is 8.48. The predicted molar refractivity (Wildman–Crippen MR) is 136 cm³/mol. The average Bonchev–Trinajstić information content (AvgIpc) is 2.89. The molecule has 2 aliphatic rings. The molecule has 0 bridgehead atoms. The van der Waals surface area contributed by atoms with Gasteiger partial charge in [-0.3, -0.25) is 9.89 Å². The molecule has 3 heterocycles. The number of fused-ring (bicyclic) bond motifs is 1. The summed E-state index contributed by atoms with van der Waals surface area (Å²) in [5.41, 5.74) is 9.92. The Morgan fingerprint density at radius 2 is 1.66 bits per heavy atom. The monoisotopic (exact) mass is 479 g/mol. The minimum absolute atomic E-state index is 0.396. The fourth-order valence-corrected chi connectivity index (χ4v) is 4.24. The van der Waals surface area contributed by atoms with Crippen LogP contribution in [0.1, 0.15) is 18.4 Å². The van der Waals surface area contributed by atoms with Crippen molar-refractivity contribution in [1.29, 1.82) is 0 Å². The summed E-state index contributed by atoms with van der Waals surface area (Å²) in [6.45, 7) is 6.04. The number of hydrogen-bond acceptors (Lipinski definition) is 7. The van der Waals surface area contributed by atoms with Crippen molar-refractivity contribution in [1.82, 2.24) is 9.88 Å². The summed E-state index contributed by atoms with van der Waals surface area (Å²) in [5, 5.41) is 15.6. The molecule has 0 saturated carbocycles. The number of aromatic nitrogens is 1. The highest BCUT2D eigenvalue weighted by Crippen LogP contribution is 2.28. The van der Waals surface area contributed by atoms with Gasteiger partial charge < -0.3 is 20.8 Å². The van der Waals surface area contributed by atoms with E-state index in [9.17, 15) is 9.59 Å². The molecule has 4 rings (SSSR count). The van der Waals surface area contributed by atoms with Crippen LogP contribution in [0.3, 0.4) is 0 Å². The highest BCUT2D eigenvalue weighted by atomic mass is 16.4. The van der Waals surface area contributed by atoms with Crippen LogP contribution >= 0.6 is 0 Å². The lowest BCUT2D eigenvalue weighted by molar-refractivity contribution is -0.134. The third-order valence-corrected chi connectivity index (χ3v) is 6.17. The van der Waals surface area contributed by atoms with E-state index in [2.05, 4.69) is 51.2 Å². The van der Waals surface area contributed by atoms with E-state index in [0.29, 0.717) is 24.6 Å². The smallest absolute Gasteiger partial charge is 0.328 e. The van der Waals surface area contributed by atoms with Gasteiger partial charge in [0.1, 0.15) is 5.82 Å². The first-order chi connectivity index (χ1) is 17.0. The van der Waals surface area contributed by atoms with Gasteiger partial charge in [0.05, 0.1) is 5.69 Å². The van der Waals surface area contributed by atoms with Gasteiger partial charge in [0.2, 0.25) is 0 Å². The summed E-state index contributed by atoms with van der Waals surface area (Å²) in [7, 11) is 0. The summed E-state index contributed by atoms with van der Waals surface area (Å²) in [6, 6.07) is 14.6. The van der Waals surface area contributed by atoms with Crippen molar-refractivity contribution in [3.05, 3.63) is 66.4 Å². The maximum atomic E-state index is 9.55. The van der Waals surface area contributed by atoms with Crippen molar-refractivity contribution in [2.75, 3.05) is 44.2 Å². The van der Waals surface area contributed by atoms with Crippen LogP contribution in [0.5, 0.6) is 0 Å². The first-order valence-electron chi connectivity index (χ1n) is 11.8. The zero-order valence-electron chi connectivity index (χ0n) is 19.8. The van der Waals surface area contributed by atoms with Gasteiger partial charge in [-0.1, -0.05) is 24.3 Å². The van der Waals surface area contributed by atoms with E-state index < -0.39 is 11.9 Å². The molecule has 35 heavy (non-hydrogen) atoms. The van der Waals surface area contributed by atoms with Gasteiger partial charge in [0, 0.05) is 62.7 Å². The van der Waals surface area contributed by atoms with Gasteiger partial charge in [-0.25, -0.2) is 14.6 Å². The third-order valence-electron chi connectivity index (χ3n) is 6.17. The molecule has 1 atom stereocenters. The van der Waals surface area contributed by atoms with Crippen molar-refractivity contribution in [3.8, 4) is 0 Å². The maximum Gasteiger partial charge on any atom is 0.328 e. The van der Waals surface area contributed by atoms with Gasteiger partial charge in [-0.15, -0.1) is 0 Å². The average molecular weight is 480 g/mol. The Morgan fingerprint density at radius 3 is 2.29 bits per heavy atom. The van der Waals surface area contributed by atoms with Crippen molar-refractivity contribution in [2.45, 2.75) is 19.3 Å². The molecule has 1 saturated heterocycles. The molecule has 1 aromatic carbocycles. The fraction of sp³-hybridized carbons (Fsp3) is 0.385. The van der Waals surface area contributed by atoms with E-state index >= 15 is 0 Å². The minimum Gasteiger partial charge on any atom is -0.478 e. The lowest BCUT2D eigenvalue weighted by Gasteiger charge is -2.36. The number of carboxylic acid groups (broad SMARTS) is 2. The number of hydrogen-bond donors (Lipinski definition) is 3. The number of nitrogens with two attached hydrogens (primary N) is 1. The summed E-state index contributed by atoms with van der Waals surface area (Å²) in [6.07, 6.45) is 6.23. The topological polar surface area (TPSA) is 132 Å². The van der Waals surface area contributed by atoms with Crippen LogP contribution < -0.4 is 10.6 Å². The molecule has 1 aromatic heterocycles. The number of para-hydroxylation sites is 1. The summed E-state index contributed by atoms with van der Waals surface area (Å²) in [5.74, 6) is -1.03. The Hall–Kier alpha value is -3.56. The molecule has 9 heteroatoms. The van der Waals surface area contributed by atoms with Crippen LogP contribution in [0.15, 0.2) is 65.8 Å². The van der Waals surface area contributed by atoms with Crippen molar-refractivity contribution in [3.63, 3.8) is 0 Å². The maximum absolute atomic E-state index is 9.55. The number of rotatable bonds is 8. The SMILES string of the molecule is NCC(CCN1CCN(c2ccccn2)CC1)C1=Nc2ccccc2CC1.O=C(O)/C=C/C(=O)O. The summed E-state index contributed by atoms with van der Waals surface area (Å²) in [4.78, 5) is 33.4. The standard InChI is InChI=1S/C22H29N5.C4H4O4/c23-17-19(21-9-8-18-5-1-2-6-20(18)25-21)10-12-26-13-15-27(16-14-26)22-7-3-4-11-24-22;5-3(6)1-2-4(7)8/h1-7,11,19H,8-10,12-17,23H2;1-2H,(H,5,6)(H,7,8)/b;2-1+. The number of nitrogens with zero attached hydrogens (tertiary/aromatic N) is 4. The molecule has 1 unspecified atom stereocenters. The number of aliphatic carboxylic acids is 2. The van der Waals surface area contributed by atoms with Crippen LogP contribution in [0.4, 0.5) is 11.5 Å². The Labute approximate surface area is 205 Å². The first kappa shape index (κ1) is 26.1. The molecular weight excluding hydrogens is 446 g/mol. The lowest BCUT2D eigenvalue weighted by Crippen LogP contribution is -2.47. The van der Waals surface area contributed by atoms with Gasteiger partial charge in [-0.2, -0.15) is 0 Å². The molecule has 4 N–H and O–H groups in total. The van der Waals surface area contributed by atoms with Gasteiger partial charge in [0.25, 0.3) is 0 Å². The normalized spacial score (nSPS) is 16.6. The molecule has 1 fully saturated rings. The minimum atomic E-state index is -1.26. The lowest BCUT2D eigenvalue weighted by atomic mass is 9.91. The zero-order chi connectivity index (χ0) is 25.0. The number of aryl methyl sites for hydroxylation is 1. The van der Waals surface area contributed by atoms with E-state index in [1.165, 1.54) is 11.3 Å². The van der Waals surface area contributed by atoms with Crippen molar-refractivity contribution < 1.29 is 19.8 Å². The van der Waals surface area contributed by atoms with Crippen LogP contribution in [0.25, 0.3) is 0 Å². The highest BCUT2D eigenvalue weighted by molar-refractivity contribution is 5.91. The molecule has 2 aliphatic heterocycles. The fourth-order valence-electron chi connectivity index (χ4n) is 4.24. The predicted octanol–water partition coefficient (Wildman–Crippen LogP) is 2.60. The van der Waals surface area contributed by atoms with Crippen LogP contribution in [0.2, 0.25) is 0 Å². The Morgan fingerprint density at radius 1 is 0.971 bits per heavy atom. The molecule has 0 radical (unpaired) electrons. The van der Waals surface area contributed by atoms with E-state index in [4.69, 9.17) is 20.9 Å². The molecule has 0 aliphatic carbocycles. The molecule has 186 valence electrons. The van der Waals surface area contributed by atoms with E-state index in [-0.39, 0.29) is 0 Å². The summed E-state index contributed by atoms with van der Waals surface area (Å²) < 4.78 is 0. The Bertz CT molecular complexity index is 1020. The van der Waals surface area contributed by atoms with Gasteiger partial charge in [-0.05, 0) is 49.6 Å². The van der Waals surface area contributed by atoms with Crippen LogP contribution in [0, 0.1) is 5.92 Å². The first-order valence-corrected chi connectivity index (χ1v) is 11.8. The van der Waals surface area contributed by atoms with Crippen LogP contribution in [-0.2, 0) is 16.0 Å². The zero-order valence-corrected chi connectivity index (χ0v) is 19.8. The molecular formula is C26H33N5O4. The molecule has 9 nitrogen and oxygen atoms in total. The Kier molecular flexibility index (Phi) is 9.94. The largest absolute Gasteiger partial charge is 0.478 e. The molecule has 0 spiro atoms. The van der Waals surface area contributed by atoms with Gasteiger partial charge in [0.15, 0.2) is 0 Å². The van der Waals surface area contributed by atoms with Crippen molar-refractivity contribution in [2.24, 2.45) is 16.6 Å². The second-order valence-corrected chi connectivity index (χ2v) is 8.48. The summed E-state index contributed by atoms with van der Waals surface area (Å²) >= 11 is 0. The number of pyridine rings is 1. The number of benzene rings is 1. The number of anilines is 1. The second kappa shape index (κ2) is 13.4.